The number of nitrogens with one attached hydrogen (secondary N) is 1. The minimum absolute atomic E-state index is 0.0794. The number of nitrogens with zero attached hydrogens (tertiary/aromatic N) is 2. The summed E-state index contributed by atoms with van der Waals surface area (Å²) >= 11 is 0. The number of carbonyl (C=O) groups is 1. The molecule has 0 saturated heterocycles. The summed E-state index contributed by atoms with van der Waals surface area (Å²) < 4.78 is 66.4. The predicted octanol–water partition coefficient (Wildman–Crippen LogP) is 3.17. The Balaban J connectivity index is 2.02. The highest BCUT2D eigenvalue weighted by Gasteiger charge is 2.31. The Bertz CT molecular complexity index is 1400. The molecule has 0 radical (unpaired) electrons. The molecule has 1 heterocycles. The third-order valence-electron chi connectivity index (χ3n) is 7.36. The second-order valence-electron chi connectivity index (χ2n) is 11.0. The van der Waals surface area contributed by atoms with Crippen LogP contribution in [0.2, 0.25) is 0 Å². The number of rotatable bonds is 8. The van der Waals surface area contributed by atoms with Gasteiger partial charge in [-0.1, -0.05) is 25.1 Å². The first-order chi connectivity index (χ1) is 19.7. The number of benzene rings is 2. The summed E-state index contributed by atoms with van der Waals surface area (Å²) in [5.41, 5.74) is 0.328. The van der Waals surface area contributed by atoms with E-state index in [-0.39, 0.29) is 47.9 Å². The molecule has 0 bridgehead atoms. The zero-order valence-electron chi connectivity index (χ0n) is 24.9. The molecule has 1 aliphatic heterocycles. The fourth-order valence-corrected chi connectivity index (χ4v) is 6.14. The van der Waals surface area contributed by atoms with Gasteiger partial charge in [-0.05, 0) is 63.4 Å². The van der Waals surface area contributed by atoms with Crippen LogP contribution in [0.25, 0.3) is 0 Å². The number of ether oxygens (including phenoxy) is 2. The van der Waals surface area contributed by atoms with Gasteiger partial charge in [-0.15, -0.1) is 0 Å². The van der Waals surface area contributed by atoms with Gasteiger partial charge in [-0.3, -0.25) is 9.52 Å². The number of sulfonamides is 2. The second-order valence-corrected chi connectivity index (χ2v) is 14.7. The molecule has 234 valence electrons. The van der Waals surface area contributed by atoms with Crippen LogP contribution in [0.15, 0.2) is 53.4 Å². The first-order valence-corrected chi connectivity index (χ1v) is 17.4. The maximum absolute atomic E-state index is 14.1. The lowest BCUT2D eigenvalue weighted by molar-refractivity contribution is -0.00828. The van der Waals surface area contributed by atoms with Crippen molar-refractivity contribution >= 4 is 31.6 Å². The number of hydrogen-bond donors (Lipinski definition) is 2. The summed E-state index contributed by atoms with van der Waals surface area (Å²) in [6, 6.07) is 11.9. The number of fused-ring (bicyclic) bond motifs is 1. The molecular formula is C29H43N3O8S2. The Morgan fingerprint density at radius 2 is 1.79 bits per heavy atom. The summed E-state index contributed by atoms with van der Waals surface area (Å²) in [4.78, 5) is 15.7. The fourth-order valence-electron chi connectivity index (χ4n) is 4.65. The van der Waals surface area contributed by atoms with Gasteiger partial charge in [0.2, 0.25) is 10.0 Å². The monoisotopic (exact) mass is 625 g/mol. The molecular weight excluding hydrogens is 582 g/mol. The van der Waals surface area contributed by atoms with Crippen LogP contribution >= 0.6 is 0 Å². The van der Waals surface area contributed by atoms with Crippen LogP contribution in [0.1, 0.15) is 50.4 Å². The average Bonchev–Trinajstić information content (AvgIpc) is 2.94. The number of carbonyl (C=O) groups excluding carboxylic acids is 1. The molecule has 2 aromatic carbocycles. The quantitative estimate of drug-likeness (QED) is 0.456. The molecule has 2 N–H and O–H groups in total. The first-order valence-electron chi connectivity index (χ1n) is 14.1. The van der Waals surface area contributed by atoms with Crippen LogP contribution < -0.4 is 9.46 Å². The Hall–Kier alpha value is -2.71. The fraction of sp³-hybridized carbons (Fsp3) is 0.552. The molecule has 0 aliphatic carbocycles. The Kier molecular flexibility index (Phi) is 11.8. The molecule has 2 aromatic rings. The van der Waals surface area contributed by atoms with Gasteiger partial charge >= 0.3 is 0 Å². The molecule has 11 nitrogen and oxygen atoms in total. The molecule has 0 aromatic heterocycles. The first kappa shape index (κ1) is 33.8. The van der Waals surface area contributed by atoms with E-state index in [9.17, 15) is 26.7 Å². The molecule has 13 heteroatoms. The van der Waals surface area contributed by atoms with E-state index < -0.39 is 38.1 Å². The van der Waals surface area contributed by atoms with Gasteiger partial charge in [0.25, 0.3) is 15.9 Å². The maximum Gasteiger partial charge on any atom is 0.261 e. The van der Waals surface area contributed by atoms with Crippen molar-refractivity contribution in [2.24, 2.45) is 5.92 Å². The number of aliphatic hydroxyl groups excluding tert-OH is 1. The molecule has 0 unspecified atom stereocenters. The van der Waals surface area contributed by atoms with E-state index in [1.165, 1.54) is 34.5 Å². The van der Waals surface area contributed by atoms with Crippen molar-refractivity contribution in [1.29, 1.82) is 0 Å². The van der Waals surface area contributed by atoms with Crippen molar-refractivity contribution in [3.8, 4) is 5.75 Å². The van der Waals surface area contributed by atoms with E-state index in [0.29, 0.717) is 18.8 Å². The van der Waals surface area contributed by atoms with Gasteiger partial charge in [0, 0.05) is 38.3 Å². The summed E-state index contributed by atoms with van der Waals surface area (Å²) in [6.45, 7) is 5.84. The molecule has 1 amide bonds. The number of anilines is 1. The van der Waals surface area contributed by atoms with Crippen LogP contribution in [0, 0.1) is 5.92 Å². The summed E-state index contributed by atoms with van der Waals surface area (Å²) in [7, 11) is -5.89. The standard InChI is InChI=1S/C29H43N3O8S2/c1-21-18-32(22(2)20-33)29(34)26-17-24(30-42(37,38)25-12-7-6-8-13-25)14-15-27(26)40-23(3)11-9-10-16-39-28(21)19-31(4)41(5,35)36/h6-8,12-15,17,21-23,28,30,33H,9-11,16,18-20H2,1-5H3/t21-,22+,23-,28+/m1/s1. The van der Waals surface area contributed by atoms with E-state index >= 15 is 0 Å². The van der Waals surface area contributed by atoms with Gasteiger partial charge in [-0.2, -0.15) is 0 Å². The number of amides is 1. The largest absolute Gasteiger partial charge is 0.490 e. The van der Waals surface area contributed by atoms with Gasteiger partial charge in [0.15, 0.2) is 0 Å². The van der Waals surface area contributed by atoms with E-state index in [2.05, 4.69) is 4.72 Å². The molecule has 0 saturated carbocycles. The zero-order valence-corrected chi connectivity index (χ0v) is 26.5. The van der Waals surface area contributed by atoms with Gasteiger partial charge in [-0.25, -0.2) is 21.1 Å². The molecule has 0 fully saturated rings. The maximum atomic E-state index is 14.1. The smallest absolute Gasteiger partial charge is 0.261 e. The SMILES string of the molecule is C[C@@H]1CCCCO[C@@H](CN(C)S(C)(=O)=O)[C@H](C)CN([C@@H](C)CO)C(=O)c2cc(NS(=O)(=O)c3ccccc3)ccc2O1. The Labute approximate surface area is 249 Å². The highest BCUT2D eigenvalue weighted by atomic mass is 32.2. The molecule has 1 aliphatic rings. The average molecular weight is 626 g/mol. The van der Waals surface area contributed by atoms with Crippen molar-refractivity contribution in [2.75, 3.05) is 44.3 Å². The minimum atomic E-state index is -3.92. The lowest BCUT2D eigenvalue weighted by Gasteiger charge is -2.35. The Morgan fingerprint density at radius 1 is 1.10 bits per heavy atom. The number of hydrogen-bond acceptors (Lipinski definition) is 8. The van der Waals surface area contributed by atoms with Crippen molar-refractivity contribution < 1.29 is 36.2 Å². The van der Waals surface area contributed by atoms with Crippen LogP contribution in [0.4, 0.5) is 5.69 Å². The van der Waals surface area contributed by atoms with Gasteiger partial charge in [0.1, 0.15) is 5.75 Å². The highest BCUT2D eigenvalue weighted by Crippen LogP contribution is 2.29. The predicted molar refractivity (Wildman–Crippen MR) is 162 cm³/mol. The second kappa shape index (κ2) is 14.6. The third kappa shape index (κ3) is 9.14. The van der Waals surface area contributed by atoms with Crippen LogP contribution in [0.3, 0.4) is 0 Å². The topological polar surface area (TPSA) is 143 Å². The van der Waals surface area contributed by atoms with Crippen LogP contribution in [0.5, 0.6) is 5.75 Å². The molecule has 0 spiro atoms. The number of aliphatic hydroxyl groups is 1. The highest BCUT2D eigenvalue weighted by molar-refractivity contribution is 7.92. The summed E-state index contributed by atoms with van der Waals surface area (Å²) in [5.74, 6) is -0.462. The van der Waals surface area contributed by atoms with Gasteiger partial charge < -0.3 is 19.5 Å². The molecule has 42 heavy (non-hydrogen) atoms. The van der Waals surface area contributed by atoms with E-state index in [4.69, 9.17) is 9.47 Å². The van der Waals surface area contributed by atoms with Crippen molar-refractivity contribution in [3.63, 3.8) is 0 Å². The summed E-state index contributed by atoms with van der Waals surface area (Å²) in [5, 5.41) is 10.1. The lowest BCUT2D eigenvalue weighted by Crippen LogP contribution is -2.47. The van der Waals surface area contributed by atoms with Crippen LogP contribution in [-0.4, -0.2) is 94.9 Å². The van der Waals surface area contributed by atoms with E-state index in [0.717, 1.165) is 19.1 Å². The third-order valence-corrected chi connectivity index (χ3v) is 10.0. The zero-order chi connectivity index (χ0) is 31.1. The van der Waals surface area contributed by atoms with Crippen molar-refractivity contribution in [1.82, 2.24) is 9.21 Å². The van der Waals surface area contributed by atoms with E-state index in [1.807, 2.05) is 13.8 Å². The lowest BCUT2D eigenvalue weighted by atomic mass is 10.0. The van der Waals surface area contributed by atoms with Crippen molar-refractivity contribution in [2.45, 2.75) is 63.2 Å². The molecule has 4 atom stereocenters. The van der Waals surface area contributed by atoms with E-state index in [1.54, 1.807) is 37.3 Å². The summed E-state index contributed by atoms with van der Waals surface area (Å²) in [6.07, 6.45) is 2.58. The Morgan fingerprint density at radius 3 is 2.43 bits per heavy atom. The minimum Gasteiger partial charge on any atom is -0.490 e. The normalized spacial score (nSPS) is 22.1. The van der Waals surface area contributed by atoms with Crippen molar-refractivity contribution in [3.05, 3.63) is 54.1 Å². The van der Waals surface area contributed by atoms with Crippen LogP contribution in [-0.2, 0) is 24.8 Å². The van der Waals surface area contributed by atoms with Gasteiger partial charge in [0.05, 0.1) is 41.6 Å². The number of likely N-dealkylation sites (N-methyl/N-ethyl adjacent to an activating group) is 1. The molecule has 3 rings (SSSR count).